The number of hydrogen-bond acceptors (Lipinski definition) is 7. The Hall–Kier alpha value is -4.04. The highest BCUT2D eigenvalue weighted by atomic mass is 16.5. The SMILES string of the molecule is Cc1ccc2c(NC(=O)CC3CC4CCC3C4)cccc2c1Oc1ncccc1-c1ccnc(N[C@H]2CCCNC2)n1. The molecule has 8 heteroatoms. The number of aryl methyl sites for hydroxylation is 1. The predicted molar refractivity (Wildman–Crippen MR) is 166 cm³/mol. The van der Waals surface area contributed by atoms with Crippen LogP contribution in [0.1, 0.15) is 50.5 Å². The van der Waals surface area contributed by atoms with Crippen molar-refractivity contribution in [1.29, 1.82) is 0 Å². The fourth-order valence-corrected chi connectivity index (χ4v) is 7.25. The van der Waals surface area contributed by atoms with Gasteiger partial charge in [0.05, 0.1) is 11.3 Å². The summed E-state index contributed by atoms with van der Waals surface area (Å²) in [5.74, 6) is 3.99. The van der Waals surface area contributed by atoms with E-state index in [0.29, 0.717) is 30.2 Å². The number of benzene rings is 2. The third-order valence-corrected chi connectivity index (χ3v) is 9.35. The van der Waals surface area contributed by atoms with Crippen LogP contribution in [-0.4, -0.2) is 40.0 Å². The number of anilines is 2. The molecule has 3 N–H and O–H groups in total. The lowest BCUT2D eigenvalue weighted by Crippen LogP contribution is -2.38. The van der Waals surface area contributed by atoms with Crippen LogP contribution in [0, 0.1) is 24.7 Å². The van der Waals surface area contributed by atoms with Crippen LogP contribution in [-0.2, 0) is 4.79 Å². The van der Waals surface area contributed by atoms with Gasteiger partial charge in [0.15, 0.2) is 0 Å². The normalized spacial score (nSPS) is 23.2. The maximum Gasteiger partial charge on any atom is 0.228 e. The van der Waals surface area contributed by atoms with Gasteiger partial charge in [0, 0.05) is 47.9 Å². The van der Waals surface area contributed by atoms with E-state index >= 15 is 0 Å². The number of ether oxygens (including phenoxy) is 1. The molecule has 2 saturated carbocycles. The minimum absolute atomic E-state index is 0.104. The molecule has 2 aliphatic carbocycles. The molecule has 4 atom stereocenters. The van der Waals surface area contributed by atoms with Crippen LogP contribution in [0.4, 0.5) is 11.6 Å². The highest BCUT2D eigenvalue weighted by Gasteiger charge is 2.40. The topological polar surface area (TPSA) is 101 Å². The highest BCUT2D eigenvalue weighted by Crippen LogP contribution is 2.49. The van der Waals surface area contributed by atoms with E-state index in [1.165, 1.54) is 25.7 Å². The Kier molecular flexibility index (Phi) is 7.46. The lowest BCUT2D eigenvalue weighted by atomic mass is 9.86. The average Bonchev–Trinajstić information content (AvgIpc) is 3.63. The van der Waals surface area contributed by atoms with Gasteiger partial charge in [-0.1, -0.05) is 30.7 Å². The van der Waals surface area contributed by atoms with E-state index in [1.54, 1.807) is 12.4 Å². The fraction of sp³-hybridized carbons (Fsp3) is 0.412. The Morgan fingerprint density at radius 1 is 1.00 bits per heavy atom. The zero-order valence-corrected chi connectivity index (χ0v) is 24.1. The molecule has 3 fully saturated rings. The molecule has 42 heavy (non-hydrogen) atoms. The summed E-state index contributed by atoms with van der Waals surface area (Å²) < 4.78 is 6.58. The average molecular weight is 563 g/mol. The lowest BCUT2D eigenvalue weighted by molar-refractivity contribution is -0.117. The van der Waals surface area contributed by atoms with Gasteiger partial charge >= 0.3 is 0 Å². The summed E-state index contributed by atoms with van der Waals surface area (Å²) in [4.78, 5) is 27.0. The van der Waals surface area contributed by atoms with Crippen molar-refractivity contribution in [2.45, 2.75) is 57.9 Å². The quantitative estimate of drug-likeness (QED) is 0.219. The number of carbonyl (C=O) groups excluding carboxylic acids is 1. The summed E-state index contributed by atoms with van der Waals surface area (Å²) in [6.07, 6.45) is 11.5. The minimum Gasteiger partial charge on any atom is -0.437 e. The molecule has 4 aromatic rings. The Bertz CT molecular complexity index is 1600. The van der Waals surface area contributed by atoms with E-state index in [2.05, 4.69) is 32.0 Å². The maximum atomic E-state index is 13.1. The molecule has 1 aliphatic heterocycles. The van der Waals surface area contributed by atoms with Crippen molar-refractivity contribution in [2.75, 3.05) is 23.7 Å². The zero-order valence-electron chi connectivity index (χ0n) is 24.1. The van der Waals surface area contributed by atoms with E-state index in [9.17, 15) is 4.79 Å². The molecule has 0 radical (unpaired) electrons. The molecular formula is C34H38N6O2. The van der Waals surface area contributed by atoms with Crippen molar-refractivity contribution in [3.63, 3.8) is 0 Å². The molecule has 2 aromatic heterocycles. The molecular weight excluding hydrogens is 524 g/mol. The number of hydrogen-bond donors (Lipinski definition) is 3. The summed E-state index contributed by atoms with van der Waals surface area (Å²) in [6.45, 7) is 3.99. The fourth-order valence-electron chi connectivity index (χ4n) is 7.25. The zero-order chi connectivity index (χ0) is 28.5. The Balaban J connectivity index is 1.14. The first-order valence-corrected chi connectivity index (χ1v) is 15.4. The van der Waals surface area contributed by atoms with E-state index in [1.807, 2.05) is 49.4 Å². The number of carbonyl (C=O) groups is 1. The molecule has 1 saturated heterocycles. The van der Waals surface area contributed by atoms with Gasteiger partial charge in [-0.15, -0.1) is 0 Å². The van der Waals surface area contributed by atoms with Crippen LogP contribution in [0.25, 0.3) is 22.0 Å². The van der Waals surface area contributed by atoms with E-state index in [4.69, 9.17) is 9.72 Å². The molecule has 7 rings (SSSR count). The molecule has 3 heterocycles. The monoisotopic (exact) mass is 562 g/mol. The first-order valence-electron chi connectivity index (χ1n) is 15.4. The number of fused-ring (bicyclic) bond motifs is 3. The number of piperidine rings is 1. The first kappa shape index (κ1) is 26.8. The predicted octanol–water partition coefficient (Wildman–Crippen LogP) is 6.72. The number of nitrogens with one attached hydrogen (secondary N) is 3. The molecule has 216 valence electrons. The second kappa shape index (κ2) is 11.7. The van der Waals surface area contributed by atoms with Crippen LogP contribution in [0.3, 0.4) is 0 Å². The molecule has 2 bridgehead atoms. The number of rotatable bonds is 8. The van der Waals surface area contributed by atoms with E-state index in [-0.39, 0.29) is 5.91 Å². The molecule has 1 amide bonds. The van der Waals surface area contributed by atoms with Crippen LogP contribution in [0.15, 0.2) is 60.9 Å². The largest absolute Gasteiger partial charge is 0.437 e. The summed E-state index contributed by atoms with van der Waals surface area (Å²) in [6, 6.07) is 16.1. The van der Waals surface area contributed by atoms with Gasteiger partial charge in [-0.3, -0.25) is 4.79 Å². The summed E-state index contributed by atoms with van der Waals surface area (Å²) in [5.41, 5.74) is 3.33. The van der Waals surface area contributed by atoms with Gasteiger partial charge in [-0.25, -0.2) is 15.0 Å². The number of aromatic nitrogens is 3. The first-order chi connectivity index (χ1) is 20.6. The smallest absolute Gasteiger partial charge is 0.228 e. The van der Waals surface area contributed by atoms with E-state index in [0.717, 1.165) is 76.8 Å². The van der Waals surface area contributed by atoms with Crippen molar-refractivity contribution < 1.29 is 9.53 Å². The number of pyridine rings is 1. The van der Waals surface area contributed by atoms with Crippen molar-refractivity contribution in [3.05, 3.63) is 66.5 Å². The van der Waals surface area contributed by atoms with Gasteiger partial charge in [-0.05, 0) is 93.2 Å². The van der Waals surface area contributed by atoms with Crippen molar-refractivity contribution >= 4 is 28.3 Å². The van der Waals surface area contributed by atoms with Crippen molar-refractivity contribution in [1.82, 2.24) is 20.3 Å². The van der Waals surface area contributed by atoms with Crippen LogP contribution in [0.2, 0.25) is 0 Å². The van der Waals surface area contributed by atoms with Crippen molar-refractivity contribution in [3.8, 4) is 22.9 Å². The molecule has 2 aromatic carbocycles. The minimum atomic E-state index is 0.104. The summed E-state index contributed by atoms with van der Waals surface area (Å²) in [5, 5.41) is 12.0. The molecule has 3 aliphatic rings. The van der Waals surface area contributed by atoms with Crippen LogP contribution >= 0.6 is 0 Å². The van der Waals surface area contributed by atoms with Crippen LogP contribution < -0.4 is 20.7 Å². The third kappa shape index (κ3) is 5.55. The summed E-state index contributed by atoms with van der Waals surface area (Å²) >= 11 is 0. The number of nitrogens with zero attached hydrogens (tertiary/aromatic N) is 3. The highest BCUT2D eigenvalue weighted by molar-refractivity contribution is 6.04. The van der Waals surface area contributed by atoms with Crippen LogP contribution in [0.5, 0.6) is 11.6 Å². The Morgan fingerprint density at radius 3 is 2.79 bits per heavy atom. The molecule has 8 nitrogen and oxygen atoms in total. The summed E-state index contributed by atoms with van der Waals surface area (Å²) in [7, 11) is 0. The second-order valence-corrected chi connectivity index (χ2v) is 12.2. The second-order valence-electron chi connectivity index (χ2n) is 12.2. The lowest BCUT2D eigenvalue weighted by Gasteiger charge is -2.23. The van der Waals surface area contributed by atoms with Gasteiger partial charge in [0.25, 0.3) is 0 Å². The Labute approximate surface area is 246 Å². The number of amides is 1. The van der Waals surface area contributed by atoms with Gasteiger partial charge in [-0.2, -0.15) is 0 Å². The molecule has 3 unspecified atom stereocenters. The van der Waals surface area contributed by atoms with Gasteiger partial charge in [0.1, 0.15) is 5.75 Å². The van der Waals surface area contributed by atoms with Gasteiger partial charge in [0.2, 0.25) is 17.7 Å². The third-order valence-electron chi connectivity index (χ3n) is 9.35. The molecule has 0 spiro atoms. The van der Waals surface area contributed by atoms with Crippen molar-refractivity contribution in [2.24, 2.45) is 17.8 Å². The Morgan fingerprint density at radius 2 is 1.95 bits per heavy atom. The van der Waals surface area contributed by atoms with Gasteiger partial charge < -0.3 is 20.7 Å². The standard InChI is InChI=1S/C34H38N6O2/c1-21-9-12-26-27(6-2-8-29(26)39-31(41)19-24-18-22-10-11-23(24)17-22)32(21)42-33-28(7-4-15-36-33)30-13-16-37-34(40-30)38-25-5-3-14-35-20-25/h2,4,6-9,12-13,15-16,22-25,35H,3,5,10-11,14,17-20H2,1H3,(H,39,41)(H,37,38,40)/t22?,23?,24?,25-/m0/s1. The van der Waals surface area contributed by atoms with E-state index < -0.39 is 0 Å². The maximum absolute atomic E-state index is 13.1.